The summed E-state index contributed by atoms with van der Waals surface area (Å²) < 4.78 is 5.21. The van der Waals surface area contributed by atoms with Crippen molar-refractivity contribution in [3.05, 3.63) is 90.3 Å². The van der Waals surface area contributed by atoms with E-state index in [-0.39, 0.29) is 17.8 Å². The van der Waals surface area contributed by atoms with E-state index in [1.54, 1.807) is 19.2 Å². The first-order chi connectivity index (χ1) is 18.1. The number of urea groups is 1. The Morgan fingerprint density at radius 3 is 2.05 bits per heavy atom. The number of nitrogens with one attached hydrogen (secondary N) is 4. The number of anilines is 6. The van der Waals surface area contributed by atoms with E-state index >= 15 is 0 Å². The molecule has 0 atom stereocenters. The number of ether oxygens (including phenoxy) is 1. The molecule has 11 heteroatoms. The van der Waals surface area contributed by atoms with Crippen LogP contribution in [0.15, 0.2) is 90.3 Å². The van der Waals surface area contributed by atoms with E-state index in [4.69, 9.17) is 4.74 Å². The number of thiazole rings is 1. The van der Waals surface area contributed by atoms with E-state index in [0.29, 0.717) is 10.8 Å². The molecule has 0 radical (unpaired) electrons. The van der Waals surface area contributed by atoms with Crippen molar-refractivity contribution in [1.82, 2.24) is 19.9 Å². The van der Waals surface area contributed by atoms with E-state index in [2.05, 4.69) is 41.2 Å². The number of hydrogen-bond acceptors (Lipinski definition) is 9. The zero-order valence-corrected chi connectivity index (χ0v) is 20.5. The zero-order valence-electron chi connectivity index (χ0n) is 19.7. The Kier molecular flexibility index (Phi) is 7.14. The Hall–Kier alpha value is -5.03. The molecule has 0 fully saturated rings. The van der Waals surface area contributed by atoms with Crippen molar-refractivity contribution in [3.63, 3.8) is 0 Å². The van der Waals surface area contributed by atoms with Crippen LogP contribution in [0.1, 0.15) is 0 Å². The SMILES string of the molecule is COc1ccc(Nc2nc(NC(=O)Nc3ccccc3)nc(Nc3nc(-c4ccccc4)cs3)n2)cc1. The first kappa shape index (κ1) is 23.7. The van der Waals surface area contributed by atoms with Crippen molar-refractivity contribution < 1.29 is 9.53 Å². The van der Waals surface area contributed by atoms with Gasteiger partial charge in [-0.2, -0.15) is 15.0 Å². The number of carbonyl (C=O) groups excluding carboxylic acids is 1. The van der Waals surface area contributed by atoms with Crippen LogP contribution in [-0.4, -0.2) is 33.1 Å². The van der Waals surface area contributed by atoms with Crippen molar-refractivity contribution in [2.75, 3.05) is 28.4 Å². The molecule has 5 aromatic rings. The largest absolute Gasteiger partial charge is 0.497 e. The van der Waals surface area contributed by atoms with Crippen LogP contribution < -0.4 is 26.0 Å². The highest BCUT2D eigenvalue weighted by molar-refractivity contribution is 7.14. The van der Waals surface area contributed by atoms with Crippen LogP contribution in [0, 0.1) is 0 Å². The van der Waals surface area contributed by atoms with Crippen LogP contribution in [0.4, 0.5) is 39.1 Å². The molecule has 4 N–H and O–H groups in total. The van der Waals surface area contributed by atoms with E-state index < -0.39 is 6.03 Å². The molecular formula is C26H22N8O2S. The van der Waals surface area contributed by atoms with Crippen LogP contribution in [0.3, 0.4) is 0 Å². The monoisotopic (exact) mass is 510 g/mol. The second kappa shape index (κ2) is 11.1. The lowest BCUT2D eigenvalue weighted by Gasteiger charge is -2.11. The molecule has 10 nitrogen and oxygen atoms in total. The summed E-state index contributed by atoms with van der Waals surface area (Å²) in [5.74, 6) is 1.23. The Balaban J connectivity index is 1.38. The number of carbonyl (C=O) groups is 1. The van der Waals surface area contributed by atoms with Gasteiger partial charge in [-0.25, -0.2) is 9.78 Å². The van der Waals surface area contributed by atoms with Gasteiger partial charge in [0.05, 0.1) is 12.8 Å². The lowest BCUT2D eigenvalue weighted by Crippen LogP contribution is -2.21. The number of rotatable bonds is 8. The van der Waals surface area contributed by atoms with Gasteiger partial charge in [-0.05, 0) is 36.4 Å². The highest BCUT2D eigenvalue weighted by Gasteiger charge is 2.13. The van der Waals surface area contributed by atoms with Crippen LogP contribution in [0.5, 0.6) is 5.75 Å². The molecular weight excluding hydrogens is 488 g/mol. The molecule has 37 heavy (non-hydrogen) atoms. The number of amides is 2. The predicted molar refractivity (Wildman–Crippen MR) is 146 cm³/mol. The first-order valence-corrected chi connectivity index (χ1v) is 12.1. The molecule has 2 heterocycles. The van der Waals surface area contributed by atoms with E-state index in [1.165, 1.54) is 11.3 Å². The van der Waals surface area contributed by atoms with Crippen LogP contribution >= 0.6 is 11.3 Å². The number of aromatic nitrogens is 4. The number of hydrogen-bond donors (Lipinski definition) is 4. The minimum atomic E-state index is -0.487. The van der Waals surface area contributed by atoms with Crippen LogP contribution in [0.2, 0.25) is 0 Å². The van der Waals surface area contributed by atoms with Gasteiger partial charge in [0.15, 0.2) is 5.13 Å². The smallest absolute Gasteiger partial charge is 0.326 e. The molecule has 0 unspecified atom stereocenters. The Morgan fingerprint density at radius 2 is 1.35 bits per heavy atom. The quantitative estimate of drug-likeness (QED) is 0.196. The van der Waals surface area contributed by atoms with Gasteiger partial charge in [-0.1, -0.05) is 48.5 Å². The molecule has 0 aliphatic rings. The maximum atomic E-state index is 12.6. The number of methoxy groups -OCH3 is 1. The molecule has 0 aliphatic heterocycles. The second-order valence-electron chi connectivity index (χ2n) is 7.63. The van der Waals surface area contributed by atoms with Gasteiger partial charge in [0.1, 0.15) is 5.75 Å². The standard InChI is InChI=1S/C26H22N8O2S/c1-36-20-14-12-19(13-15-20)27-22-30-23(33-25(35)28-18-10-6-3-7-11-18)32-24(31-22)34-26-29-21(16-37-26)17-8-4-2-5-9-17/h2-16H,1H3,(H4,27,28,29,30,31,32,33,34,35). The highest BCUT2D eigenvalue weighted by Crippen LogP contribution is 2.27. The van der Waals surface area contributed by atoms with E-state index in [0.717, 1.165) is 22.7 Å². The third-order valence-corrected chi connectivity index (χ3v) is 5.79. The fourth-order valence-corrected chi connectivity index (χ4v) is 4.01. The molecule has 2 amide bonds. The van der Waals surface area contributed by atoms with Crippen LogP contribution in [-0.2, 0) is 0 Å². The highest BCUT2D eigenvalue weighted by atomic mass is 32.1. The van der Waals surface area contributed by atoms with Gasteiger partial charge < -0.3 is 15.4 Å². The van der Waals surface area contributed by atoms with Gasteiger partial charge in [0, 0.05) is 22.3 Å². The first-order valence-electron chi connectivity index (χ1n) is 11.2. The maximum Gasteiger partial charge on any atom is 0.326 e. The molecule has 0 aliphatic carbocycles. The van der Waals surface area contributed by atoms with Gasteiger partial charge in [0.2, 0.25) is 17.8 Å². The molecule has 0 bridgehead atoms. The van der Waals surface area contributed by atoms with Gasteiger partial charge >= 0.3 is 6.03 Å². The lowest BCUT2D eigenvalue weighted by atomic mass is 10.2. The molecule has 3 aromatic carbocycles. The van der Waals surface area contributed by atoms with Crippen molar-refractivity contribution in [2.24, 2.45) is 0 Å². The molecule has 0 spiro atoms. The fourth-order valence-electron chi connectivity index (χ4n) is 3.30. The average Bonchev–Trinajstić information content (AvgIpc) is 3.38. The molecule has 2 aromatic heterocycles. The summed E-state index contributed by atoms with van der Waals surface area (Å²) in [6.45, 7) is 0. The van der Waals surface area contributed by atoms with E-state index in [1.807, 2.05) is 78.2 Å². The van der Waals surface area contributed by atoms with Gasteiger partial charge in [0.25, 0.3) is 0 Å². The van der Waals surface area contributed by atoms with Crippen molar-refractivity contribution >= 4 is 51.7 Å². The van der Waals surface area contributed by atoms with Crippen molar-refractivity contribution in [2.45, 2.75) is 0 Å². The summed E-state index contributed by atoms with van der Waals surface area (Å²) in [4.78, 5) is 30.4. The minimum Gasteiger partial charge on any atom is -0.497 e. The predicted octanol–water partition coefficient (Wildman–Crippen LogP) is 6.13. The summed E-state index contributed by atoms with van der Waals surface area (Å²) in [6.07, 6.45) is 0. The summed E-state index contributed by atoms with van der Waals surface area (Å²) in [7, 11) is 1.60. The third kappa shape index (κ3) is 6.35. The Bertz CT molecular complexity index is 1480. The summed E-state index contributed by atoms with van der Waals surface area (Å²) in [5, 5.41) is 14.2. The molecule has 0 saturated carbocycles. The van der Waals surface area contributed by atoms with Crippen LogP contribution in [0.25, 0.3) is 11.3 Å². The molecule has 5 rings (SSSR count). The van der Waals surface area contributed by atoms with Gasteiger partial charge in [-0.3, -0.25) is 10.6 Å². The molecule has 0 saturated heterocycles. The summed E-state index contributed by atoms with van der Waals surface area (Å²) in [5.41, 5.74) is 3.21. The van der Waals surface area contributed by atoms with E-state index in [9.17, 15) is 4.79 Å². The Morgan fingerprint density at radius 1 is 0.703 bits per heavy atom. The van der Waals surface area contributed by atoms with Gasteiger partial charge in [-0.15, -0.1) is 11.3 Å². The minimum absolute atomic E-state index is 0.0572. The maximum absolute atomic E-state index is 12.6. The third-order valence-electron chi connectivity index (χ3n) is 5.03. The summed E-state index contributed by atoms with van der Waals surface area (Å²) >= 11 is 1.42. The normalized spacial score (nSPS) is 10.4. The molecule has 184 valence electrons. The number of para-hydroxylation sites is 1. The lowest BCUT2D eigenvalue weighted by molar-refractivity contribution is 0.262. The fraction of sp³-hybridized carbons (Fsp3) is 0.0385. The topological polar surface area (TPSA) is 126 Å². The second-order valence-corrected chi connectivity index (χ2v) is 8.49. The van der Waals surface area contributed by atoms with Crippen molar-refractivity contribution in [3.8, 4) is 17.0 Å². The van der Waals surface area contributed by atoms with Crippen molar-refractivity contribution in [1.29, 1.82) is 0 Å². The zero-order chi connectivity index (χ0) is 25.5. The summed E-state index contributed by atoms with van der Waals surface area (Å²) in [6, 6.07) is 25.8. The number of nitrogens with zero attached hydrogens (tertiary/aromatic N) is 4. The number of benzene rings is 3. The average molecular weight is 511 g/mol. The Labute approximate surface area is 216 Å².